The Kier molecular flexibility index (Phi) is 7.82. The predicted molar refractivity (Wildman–Crippen MR) is 73.5 cm³/mol. The van der Waals surface area contributed by atoms with Crippen molar-refractivity contribution in [2.75, 3.05) is 33.3 Å². The molecule has 102 valence electrons. The molecule has 1 aliphatic heterocycles. The van der Waals surface area contributed by atoms with Crippen molar-refractivity contribution in [2.45, 2.75) is 58.1 Å². The molecule has 0 radical (unpaired) electrons. The highest BCUT2D eigenvalue weighted by Crippen LogP contribution is 2.13. The van der Waals surface area contributed by atoms with Gasteiger partial charge in [0, 0.05) is 19.7 Å². The van der Waals surface area contributed by atoms with Gasteiger partial charge in [-0.2, -0.15) is 0 Å². The van der Waals surface area contributed by atoms with Gasteiger partial charge in [-0.3, -0.25) is 0 Å². The van der Waals surface area contributed by atoms with Crippen LogP contribution in [0.2, 0.25) is 0 Å². The summed E-state index contributed by atoms with van der Waals surface area (Å²) in [6, 6.07) is 0.625. The van der Waals surface area contributed by atoms with E-state index >= 15 is 0 Å². The summed E-state index contributed by atoms with van der Waals surface area (Å²) < 4.78 is 5.44. The summed E-state index contributed by atoms with van der Waals surface area (Å²) in [5.41, 5.74) is 0. The SMILES string of the molecule is COC1CCCN(CCCCCNC(C)C)C1. The molecule has 0 aliphatic carbocycles. The van der Waals surface area contributed by atoms with E-state index in [0.717, 1.165) is 6.54 Å². The molecule has 0 aromatic heterocycles. The Hall–Kier alpha value is -0.120. The minimum Gasteiger partial charge on any atom is -0.380 e. The minimum absolute atomic E-state index is 0.478. The molecule has 0 bridgehead atoms. The van der Waals surface area contributed by atoms with E-state index in [9.17, 15) is 0 Å². The van der Waals surface area contributed by atoms with Gasteiger partial charge in [0.15, 0.2) is 0 Å². The fraction of sp³-hybridized carbons (Fsp3) is 1.00. The van der Waals surface area contributed by atoms with E-state index in [1.165, 1.54) is 51.7 Å². The van der Waals surface area contributed by atoms with Crippen LogP contribution >= 0.6 is 0 Å². The van der Waals surface area contributed by atoms with E-state index in [4.69, 9.17) is 4.74 Å². The molecule has 1 heterocycles. The van der Waals surface area contributed by atoms with Gasteiger partial charge in [0.1, 0.15) is 0 Å². The third-order valence-electron chi connectivity index (χ3n) is 3.50. The number of ether oxygens (including phenoxy) is 1. The van der Waals surface area contributed by atoms with Crippen molar-refractivity contribution in [1.29, 1.82) is 0 Å². The Balaban J connectivity index is 1.95. The Labute approximate surface area is 107 Å². The summed E-state index contributed by atoms with van der Waals surface area (Å²) in [5.74, 6) is 0. The van der Waals surface area contributed by atoms with Gasteiger partial charge in [0.25, 0.3) is 0 Å². The zero-order valence-electron chi connectivity index (χ0n) is 11.9. The third kappa shape index (κ3) is 7.02. The molecule has 1 saturated heterocycles. The highest BCUT2D eigenvalue weighted by Gasteiger charge is 2.18. The van der Waals surface area contributed by atoms with Crippen molar-refractivity contribution < 1.29 is 4.74 Å². The summed E-state index contributed by atoms with van der Waals surface area (Å²) in [7, 11) is 1.84. The van der Waals surface area contributed by atoms with Crippen LogP contribution in [0.3, 0.4) is 0 Å². The van der Waals surface area contributed by atoms with E-state index in [1.54, 1.807) is 0 Å². The van der Waals surface area contributed by atoms with E-state index in [2.05, 4.69) is 24.1 Å². The van der Waals surface area contributed by atoms with Crippen LogP contribution in [0.1, 0.15) is 46.0 Å². The Bertz CT molecular complexity index is 185. The minimum atomic E-state index is 0.478. The maximum absolute atomic E-state index is 5.44. The molecule has 0 aromatic rings. The zero-order chi connectivity index (χ0) is 12.5. The lowest BCUT2D eigenvalue weighted by Crippen LogP contribution is -2.39. The average Bonchev–Trinajstić information content (AvgIpc) is 2.33. The lowest BCUT2D eigenvalue weighted by atomic mass is 10.1. The van der Waals surface area contributed by atoms with Gasteiger partial charge < -0.3 is 15.0 Å². The number of nitrogens with one attached hydrogen (secondary N) is 1. The quantitative estimate of drug-likeness (QED) is 0.661. The molecule has 1 atom stereocenters. The lowest BCUT2D eigenvalue weighted by molar-refractivity contribution is 0.0309. The van der Waals surface area contributed by atoms with Gasteiger partial charge in [-0.15, -0.1) is 0 Å². The zero-order valence-corrected chi connectivity index (χ0v) is 11.9. The molecule has 1 N–H and O–H groups in total. The van der Waals surface area contributed by atoms with Crippen LogP contribution < -0.4 is 5.32 Å². The van der Waals surface area contributed by atoms with Crippen LogP contribution in [-0.2, 0) is 4.74 Å². The molecule has 1 rings (SSSR count). The van der Waals surface area contributed by atoms with Crippen LogP contribution in [0, 0.1) is 0 Å². The summed E-state index contributed by atoms with van der Waals surface area (Å²) in [4.78, 5) is 2.56. The van der Waals surface area contributed by atoms with Crippen molar-refractivity contribution in [3.05, 3.63) is 0 Å². The first-order valence-electron chi connectivity index (χ1n) is 7.21. The molecular formula is C14H30N2O. The summed E-state index contributed by atoms with van der Waals surface area (Å²) in [5, 5.41) is 3.47. The van der Waals surface area contributed by atoms with Crippen molar-refractivity contribution in [3.63, 3.8) is 0 Å². The van der Waals surface area contributed by atoms with E-state index < -0.39 is 0 Å². The highest BCUT2D eigenvalue weighted by molar-refractivity contribution is 4.72. The van der Waals surface area contributed by atoms with Crippen LogP contribution in [-0.4, -0.2) is 50.3 Å². The molecule has 0 saturated carbocycles. The van der Waals surface area contributed by atoms with Crippen LogP contribution in [0.5, 0.6) is 0 Å². The van der Waals surface area contributed by atoms with Crippen molar-refractivity contribution in [1.82, 2.24) is 10.2 Å². The predicted octanol–water partition coefficient (Wildman–Crippen LogP) is 2.27. The molecule has 0 spiro atoms. The maximum atomic E-state index is 5.44. The molecule has 1 aliphatic rings. The van der Waals surface area contributed by atoms with Gasteiger partial charge in [-0.1, -0.05) is 20.3 Å². The highest BCUT2D eigenvalue weighted by atomic mass is 16.5. The number of likely N-dealkylation sites (tertiary alicyclic amines) is 1. The second kappa shape index (κ2) is 8.90. The van der Waals surface area contributed by atoms with Gasteiger partial charge in [-0.25, -0.2) is 0 Å². The second-order valence-electron chi connectivity index (χ2n) is 5.47. The summed E-state index contributed by atoms with van der Waals surface area (Å²) >= 11 is 0. The summed E-state index contributed by atoms with van der Waals surface area (Å²) in [6.07, 6.45) is 6.99. The molecule has 3 nitrogen and oxygen atoms in total. The molecule has 17 heavy (non-hydrogen) atoms. The lowest BCUT2D eigenvalue weighted by Gasteiger charge is -2.31. The molecule has 1 unspecified atom stereocenters. The van der Waals surface area contributed by atoms with Crippen LogP contribution in [0.4, 0.5) is 0 Å². The topological polar surface area (TPSA) is 24.5 Å². The second-order valence-corrected chi connectivity index (χ2v) is 5.47. The van der Waals surface area contributed by atoms with Gasteiger partial charge in [0.05, 0.1) is 6.10 Å². The summed E-state index contributed by atoms with van der Waals surface area (Å²) in [6.45, 7) is 9.24. The van der Waals surface area contributed by atoms with Gasteiger partial charge >= 0.3 is 0 Å². The normalized spacial score (nSPS) is 22.2. The maximum Gasteiger partial charge on any atom is 0.0698 e. The number of methoxy groups -OCH3 is 1. The molecule has 0 amide bonds. The van der Waals surface area contributed by atoms with E-state index in [1.807, 2.05) is 7.11 Å². The third-order valence-corrected chi connectivity index (χ3v) is 3.50. The Morgan fingerprint density at radius 1 is 1.29 bits per heavy atom. The first kappa shape index (κ1) is 14.9. The van der Waals surface area contributed by atoms with Crippen molar-refractivity contribution in [3.8, 4) is 0 Å². The monoisotopic (exact) mass is 242 g/mol. The first-order chi connectivity index (χ1) is 8.22. The molecule has 1 fully saturated rings. The number of rotatable bonds is 8. The molecular weight excluding hydrogens is 212 g/mol. The van der Waals surface area contributed by atoms with Gasteiger partial charge in [-0.05, 0) is 45.3 Å². The average molecular weight is 242 g/mol. The largest absolute Gasteiger partial charge is 0.380 e. The number of hydrogen-bond donors (Lipinski definition) is 1. The fourth-order valence-electron chi connectivity index (χ4n) is 2.44. The molecule has 3 heteroatoms. The number of piperidine rings is 1. The van der Waals surface area contributed by atoms with Gasteiger partial charge in [0.2, 0.25) is 0 Å². The number of hydrogen-bond acceptors (Lipinski definition) is 3. The van der Waals surface area contributed by atoms with Crippen LogP contribution in [0.15, 0.2) is 0 Å². The van der Waals surface area contributed by atoms with E-state index in [0.29, 0.717) is 12.1 Å². The Morgan fingerprint density at radius 2 is 2.12 bits per heavy atom. The smallest absolute Gasteiger partial charge is 0.0698 e. The van der Waals surface area contributed by atoms with Crippen LogP contribution in [0.25, 0.3) is 0 Å². The van der Waals surface area contributed by atoms with Crippen molar-refractivity contribution >= 4 is 0 Å². The Morgan fingerprint density at radius 3 is 2.82 bits per heavy atom. The standard InChI is InChI=1S/C14H30N2O/c1-13(2)15-9-5-4-6-10-16-11-7-8-14(12-16)17-3/h13-15H,4-12H2,1-3H3. The number of nitrogens with zero attached hydrogens (tertiary/aromatic N) is 1. The number of unbranched alkanes of at least 4 members (excludes halogenated alkanes) is 2. The molecule has 0 aromatic carbocycles. The fourth-order valence-corrected chi connectivity index (χ4v) is 2.44. The first-order valence-corrected chi connectivity index (χ1v) is 7.21. The van der Waals surface area contributed by atoms with E-state index in [-0.39, 0.29) is 0 Å². The van der Waals surface area contributed by atoms with Crippen molar-refractivity contribution in [2.24, 2.45) is 0 Å².